The van der Waals surface area contributed by atoms with E-state index in [1.807, 2.05) is 17.6 Å². The molecule has 2 heterocycles. The average Bonchev–Trinajstić information content (AvgIpc) is 3.41. The van der Waals surface area contributed by atoms with Gasteiger partial charge in [0.2, 0.25) is 5.91 Å². The van der Waals surface area contributed by atoms with Crippen LogP contribution in [0.5, 0.6) is 0 Å². The van der Waals surface area contributed by atoms with Gasteiger partial charge in [-0.25, -0.2) is 4.39 Å². The lowest BCUT2D eigenvalue weighted by atomic mass is 10.2. The van der Waals surface area contributed by atoms with Crippen molar-refractivity contribution < 1.29 is 13.9 Å². The van der Waals surface area contributed by atoms with Crippen molar-refractivity contribution in [1.29, 1.82) is 0 Å². The lowest BCUT2D eigenvalue weighted by Crippen LogP contribution is -2.18. The average molecular weight is 461 g/mol. The zero-order valence-corrected chi connectivity index (χ0v) is 18.5. The molecule has 1 saturated heterocycles. The number of rotatable bonds is 7. The summed E-state index contributed by atoms with van der Waals surface area (Å²) in [5.41, 5.74) is 2.27. The third kappa shape index (κ3) is 5.26. The summed E-state index contributed by atoms with van der Waals surface area (Å²) >= 11 is 7.43. The monoisotopic (exact) mass is 460 g/mol. The van der Waals surface area contributed by atoms with Crippen LogP contribution in [-0.4, -0.2) is 39.1 Å². The van der Waals surface area contributed by atoms with Gasteiger partial charge in [-0.2, -0.15) is 0 Å². The highest BCUT2D eigenvalue weighted by Crippen LogP contribution is 2.27. The number of ether oxygens (including phenoxy) is 1. The van der Waals surface area contributed by atoms with Gasteiger partial charge in [-0.15, -0.1) is 10.2 Å². The number of halogens is 2. The second-order valence-electron chi connectivity index (χ2n) is 7.31. The quantitative estimate of drug-likeness (QED) is 0.505. The number of benzene rings is 2. The molecule has 1 aliphatic heterocycles. The number of carbonyl (C=O) groups excluding carboxylic acids is 1. The number of amides is 1. The van der Waals surface area contributed by atoms with Crippen molar-refractivity contribution in [1.82, 2.24) is 14.8 Å². The molecule has 1 N–H and O–H groups in total. The van der Waals surface area contributed by atoms with Gasteiger partial charge in [0.1, 0.15) is 5.82 Å². The number of carbonyl (C=O) groups is 1. The second-order valence-corrected chi connectivity index (χ2v) is 8.66. The van der Waals surface area contributed by atoms with E-state index < -0.39 is 0 Å². The van der Waals surface area contributed by atoms with Gasteiger partial charge in [0.15, 0.2) is 11.0 Å². The standard InChI is InChI=1S/C22H22ClFN4O2S/c1-14-18(23)5-2-6-19(14)25-20(29)13-31-22-27-26-21(15-7-9-16(24)10-8-15)28(22)12-17-4-3-11-30-17/h2,5-10,17H,3-4,11-13H2,1H3,(H,25,29)/t17-/m0/s1. The molecule has 6 nitrogen and oxygen atoms in total. The van der Waals surface area contributed by atoms with Gasteiger partial charge in [-0.3, -0.25) is 9.36 Å². The fourth-order valence-electron chi connectivity index (χ4n) is 3.42. The van der Waals surface area contributed by atoms with E-state index in [0.29, 0.717) is 28.2 Å². The SMILES string of the molecule is Cc1c(Cl)cccc1NC(=O)CSc1nnc(-c2ccc(F)cc2)n1C[C@@H]1CCCO1. The first-order valence-corrected chi connectivity index (χ1v) is 11.4. The second kappa shape index (κ2) is 9.80. The van der Waals surface area contributed by atoms with E-state index in [2.05, 4.69) is 15.5 Å². The van der Waals surface area contributed by atoms with Crippen LogP contribution in [0.25, 0.3) is 11.4 Å². The number of hydrogen-bond donors (Lipinski definition) is 1. The van der Waals surface area contributed by atoms with Gasteiger partial charge in [0, 0.05) is 22.9 Å². The summed E-state index contributed by atoms with van der Waals surface area (Å²) < 4.78 is 21.1. The maximum atomic E-state index is 13.4. The molecular weight excluding hydrogens is 439 g/mol. The van der Waals surface area contributed by atoms with Crippen LogP contribution in [0, 0.1) is 12.7 Å². The van der Waals surface area contributed by atoms with Gasteiger partial charge in [0.05, 0.1) is 18.4 Å². The molecule has 0 unspecified atom stereocenters. The molecule has 0 radical (unpaired) electrons. The van der Waals surface area contributed by atoms with Crippen LogP contribution in [0.1, 0.15) is 18.4 Å². The van der Waals surface area contributed by atoms with Crippen molar-refractivity contribution in [2.75, 3.05) is 17.7 Å². The molecule has 0 spiro atoms. The van der Waals surface area contributed by atoms with E-state index >= 15 is 0 Å². The number of anilines is 1. The molecule has 1 aliphatic rings. The third-order valence-corrected chi connectivity index (χ3v) is 6.48. The van der Waals surface area contributed by atoms with Crippen LogP contribution >= 0.6 is 23.4 Å². The highest BCUT2D eigenvalue weighted by molar-refractivity contribution is 7.99. The minimum Gasteiger partial charge on any atom is -0.376 e. The van der Waals surface area contributed by atoms with Crippen LogP contribution in [0.3, 0.4) is 0 Å². The van der Waals surface area contributed by atoms with Crippen LogP contribution in [-0.2, 0) is 16.1 Å². The minimum absolute atomic E-state index is 0.0671. The normalized spacial score (nSPS) is 15.9. The van der Waals surface area contributed by atoms with E-state index in [1.165, 1.54) is 23.9 Å². The molecule has 1 amide bonds. The van der Waals surface area contributed by atoms with Gasteiger partial charge in [-0.05, 0) is 61.7 Å². The molecule has 3 aromatic rings. The lowest BCUT2D eigenvalue weighted by Gasteiger charge is -2.15. The highest BCUT2D eigenvalue weighted by Gasteiger charge is 2.22. The van der Waals surface area contributed by atoms with Crippen molar-refractivity contribution in [3.05, 3.63) is 58.9 Å². The Bertz CT molecular complexity index is 1070. The van der Waals surface area contributed by atoms with Crippen molar-refractivity contribution in [2.45, 2.75) is 37.6 Å². The first-order valence-electron chi connectivity index (χ1n) is 10.00. The third-order valence-electron chi connectivity index (χ3n) is 5.10. The van der Waals surface area contributed by atoms with Gasteiger partial charge in [0.25, 0.3) is 0 Å². The van der Waals surface area contributed by atoms with Gasteiger partial charge < -0.3 is 10.1 Å². The molecule has 0 saturated carbocycles. The summed E-state index contributed by atoms with van der Waals surface area (Å²) in [6.07, 6.45) is 2.04. The predicted molar refractivity (Wildman–Crippen MR) is 120 cm³/mol. The fourth-order valence-corrected chi connectivity index (χ4v) is 4.35. The van der Waals surface area contributed by atoms with Crippen LogP contribution in [0.15, 0.2) is 47.6 Å². The molecule has 0 aliphatic carbocycles. The molecule has 1 fully saturated rings. The van der Waals surface area contributed by atoms with Crippen molar-refractivity contribution in [2.24, 2.45) is 0 Å². The first-order chi connectivity index (χ1) is 15.0. The topological polar surface area (TPSA) is 69.0 Å². The van der Waals surface area contributed by atoms with E-state index in [-0.39, 0.29) is 23.6 Å². The lowest BCUT2D eigenvalue weighted by molar-refractivity contribution is -0.113. The summed E-state index contributed by atoms with van der Waals surface area (Å²) in [6.45, 7) is 3.18. The molecule has 162 valence electrons. The Morgan fingerprint density at radius 2 is 2.10 bits per heavy atom. The number of nitrogens with zero attached hydrogens (tertiary/aromatic N) is 3. The van der Waals surface area contributed by atoms with Crippen molar-refractivity contribution in [3.63, 3.8) is 0 Å². The minimum atomic E-state index is -0.309. The first kappa shape index (κ1) is 21.8. The Morgan fingerprint density at radius 3 is 2.84 bits per heavy atom. The summed E-state index contributed by atoms with van der Waals surface area (Å²) in [6, 6.07) is 11.5. The maximum Gasteiger partial charge on any atom is 0.234 e. The van der Waals surface area contributed by atoms with E-state index in [1.54, 1.807) is 24.3 Å². The summed E-state index contributed by atoms with van der Waals surface area (Å²) in [5.74, 6) is 0.324. The van der Waals surface area contributed by atoms with Crippen LogP contribution < -0.4 is 5.32 Å². The molecule has 31 heavy (non-hydrogen) atoms. The maximum absolute atomic E-state index is 13.4. The fraction of sp³-hybridized carbons (Fsp3) is 0.318. The molecule has 9 heteroatoms. The van der Waals surface area contributed by atoms with Crippen LogP contribution in [0.4, 0.5) is 10.1 Å². The Kier molecular flexibility index (Phi) is 6.89. The Morgan fingerprint density at radius 1 is 1.29 bits per heavy atom. The van der Waals surface area contributed by atoms with E-state index in [9.17, 15) is 9.18 Å². The zero-order chi connectivity index (χ0) is 21.8. The number of thioether (sulfide) groups is 1. The van der Waals surface area contributed by atoms with Crippen LogP contribution in [0.2, 0.25) is 5.02 Å². The molecule has 0 bridgehead atoms. The van der Waals surface area contributed by atoms with E-state index in [4.69, 9.17) is 16.3 Å². The summed E-state index contributed by atoms with van der Waals surface area (Å²) in [5, 5.41) is 12.7. The molecule has 1 aromatic heterocycles. The number of nitrogens with one attached hydrogen (secondary N) is 1. The molecule has 1 atom stereocenters. The van der Waals surface area contributed by atoms with Gasteiger partial charge in [-0.1, -0.05) is 29.4 Å². The Balaban J connectivity index is 1.51. The van der Waals surface area contributed by atoms with E-state index in [0.717, 1.165) is 30.6 Å². The van der Waals surface area contributed by atoms with Gasteiger partial charge >= 0.3 is 0 Å². The smallest absolute Gasteiger partial charge is 0.234 e. The summed E-state index contributed by atoms with van der Waals surface area (Å²) in [4.78, 5) is 12.5. The Labute approximate surface area is 189 Å². The molecule has 2 aromatic carbocycles. The largest absolute Gasteiger partial charge is 0.376 e. The zero-order valence-electron chi connectivity index (χ0n) is 17.0. The van der Waals surface area contributed by atoms with Crippen molar-refractivity contribution >= 4 is 35.0 Å². The number of aromatic nitrogens is 3. The highest BCUT2D eigenvalue weighted by atomic mass is 35.5. The Hall–Kier alpha value is -2.42. The van der Waals surface area contributed by atoms with Crippen molar-refractivity contribution in [3.8, 4) is 11.4 Å². The predicted octanol–water partition coefficient (Wildman–Crippen LogP) is 4.96. The molecular formula is C22H22ClFN4O2S. The molecule has 4 rings (SSSR count). The number of hydrogen-bond acceptors (Lipinski definition) is 5. The summed E-state index contributed by atoms with van der Waals surface area (Å²) in [7, 11) is 0.